The van der Waals surface area contributed by atoms with Crippen molar-refractivity contribution in [3.05, 3.63) is 29.8 Å². The quantitative estimate of drug-likeness (QED) is 0.776. The third kappa shape index (κ3) is 4.53. The fourth-order valence-corrected chi connectivity index (χ4v) is 3.73. The zero-order chi connectivity index (χ0) is 15.5. The van der Waals surface area contributed by atoms with Gasteiger partial charge in [-0.25, -0.2) is 13.1 Å². The van der Waals surface area contributed by atoms with Gasteiger partial charge < -0.3 is 5.32 Å². The van der Waals surface area contributed by atoms with Gasteiger partial charge >= 0.3 is 0 Å². The van der Waals surface area contributed by atoms with Crippen LogP contribution in [0, 0.1) is 11.8 Å². The van der Waals surface area contributed by atoms with Crippen LogP contribution in [0.1, 0.15) is 45.2 Å². The number of benzene rings is 1. The van der Waals surface area contributed by atoms with Crippen LogP contribution in [0.2, 0.25) is 0 Å². The van der Waals surface area contributed by atoms with E-state index in [0.717, 1.165) is 12.1 Å². The Morgan fingerprint density at radius 3 is 2.62 bits per heavy atom. The first-order chi connectivity index (χ1) is 9.94. The fourth-order valence-electron chi connectivity index (χ4n) is 2.53. The Bertz CT molecular complexity index is 567. The lowest BCUT2D eigenvalue weighted by molar-refractivity contribution is 0.491. The molecule has 21 heavy (non-hydrogen) atoms. The molecule has 1 aliphatic rings. The lowest BCUT2D eigenvalue weighted by Gasteiger charge is -2.15. The Morgan fingerprint density at radius 1 is 1.29 bits per heavy atom. The van der Waals surface area contributed by atoms with E-state index in [4.69, 9.17) is 0 Å². The van der Waals surface area contributed by atoms with E-state index in [1.165, 1.54) is 12.8 Å². The number of hydrogen-bond acceptors (Lipinski definition) is 3. The normalized spacial score (nSPS) is 18.4. The molecule has 1 aromatic rings. The van der Waals surface area contributed by atoms with Crippen LogP contribution in [0.3, 0.4) is 0 Å². The van der Waals surface area contributed by atoms with Gasteiger partial charge in [-0.15, -0.1) is 0 Å². The summed E-state index contributed by atoms with van der Waals surface area (Å²) in [5, 5.41) is 3.30. The Kier molecular flexibility index (Phi) is 5.41. The van der Waals surface area contributed by atoms with Crippen LogP contribution >= 0.6 is 0 Å². The summed E-state index contributed by atoms with van der Waals surface area (Å²) in [7, 11) is -3.41. The van der Waals surface area contributed by atoms with Crippen LogP contribution in [0.4, 0.5) is 0 Å². The van der Waals surface area contributed by atoms with Gasteiger partial charge in [-0.1, -0.05) is 26.0 Å². The summed E-state index contributed by atoms with van der Waals surface area (Å²) in [6.45, 7) is 7.58. The molecule has 1 aromatic carbocycles. The lowest BCUT2D eigenvalue weighted by Crippen LogP contribution is -2.29. The van der Waals surface area contributed by atoms with E-state index in [1.54, 1.807) is 12.1 Å². The summed E-state index contributed by atoms with van der Waals surface area (Å²) in [6.07, 6.45) is 2.47. The minimum absolute atomic E-state index is 0.149. The largest absolute Gasteiger partial charge is 0.310 e. The van der Waals surface area contributed by atoms with Crippen molar-refractivity contribution in [3.8, 4) is 0 Å². The first-order valence-corrected chi connectivity index (χ1v) is 9.25. The molecule has 0 saturated heterocycles. The summed E-state index contributed by atoms with van der Waals surface area (Å²) in [4.78, 5) is 0.354. The summed E-state index contributed by atoms with van der Waals surface area (Å²) in [5.41, 5.74) is 0.995. The molecule has 1 saturated carbocycles. The average Bonchev–Trinajstić information content (AvgIpc) is 3.30. The van der Waals surface area contributed by atoms with E-state index < -0.39 is 10.0 Å². The molecular formula is C16H26N2O2S. The highest BCUT2D eigenvalue weighted by Gasteiger charge is 2.28. The molecule has 5 heteroatoms. The van der Waals surface area contributed by atoms with Gasteiger partial charge in [0.1, 0.15) is 0 Å². The first kappa shape index (κ1) is 16.5. The van der Waals surface area contributed by atoms with Gasteiger partial charge in [0.05, 0.1) is 4.90 Å². The van der Waals surface area contributed by atoms with Crippen molar-refractivity contribution in [1.82, 2.24) is 10.0 Å². The monoisotopic (exact) mass is 310 g/mol. The Hall–Kier alpha value is -0.910. The van der Waals surface area contributed by atoms with Gasteiger partial charge in [0.2, 0.25) is 10.0 Å². The topological polar surface area (TPSA) is 58.2 Å². The predicted octanol–water partition coefficient (Wildman–Crippen LogP) is 2.68. The second-order valence-electron chi connectivity index (χ2n) is 6.02. The van der Waals surface area contributed by atoms with E-state index in [9.17, 15) is 8.42 Å². The van der Waals surface area contributed by atoms with Crippen LogP contribution in [0.5, 0.6) is 0 Å². The van der Waals surface area contributed by atoms with Crippen LogP contribution in [-0.4, -0.2) is 21.5 Å². The second-order valence-corrected chi connectivity index (χ2v) is 7.79. The SMILES string of the molecule is CCNC(C)c1cccc(S(=O)(=O)NCC(C)C2CC2)c1. The average molecular weight is 310 g/mol. The molecule has 1 aliphatic carbocycles. The number of sulfonamides is 1. The van der Waals surface area contributed by atoms with E-state index in [1.807, 2.05) is 26.0 Å². The Balaban J connectivity index is 2.06. The standard InChI is InChI=1S/C16H26N2O2S/c1-4-17-13(3)15-6-5-7-16(10-15)21(19,20)18-11-12(2)14-8-9-14/h5-7,10,12-14,17-18H,4,8-9,11H2,1-3H3. The highest BCUT2D eigenvalue weighted by Crippen LogP contribution is 2.36. The first-order valence-electron chi connectivity index (χ1n) is 7.77. The highest BCUT2D eigenvalue weighted by molar-refractivity contribution is 7.89. The van der Waals surface area contributed by atoms with E-state index in [2.05, 4.69) is 17.0 Å². The third-order valence-corrected chi connectivity index (χ3v) is 5.62. The van der Waals surface area contributed by atoms with Gasteiger partial charge in [0.15, 0.2) is 0 Å². The lowest BCUT2D eigenvalue weighted by atomic mass is 10.1. The van der Waals surface area contributed by atoms with Crippen molar-refractivity contribution in [1.29, 1.82) is 0 Å². The van der Waals surface area contributed by atoms with Crippen molar-refractivity contribution in [2.75, 3.05) is 13.1 Å². The molecule has 118 valence electrons. The molecule has 2 atom stereocenters. The molecule has 0 bridgehead atoms. The molecule has 0 heterocycles. The highest BCUT2D eigenvalue weighted by atomic mass is 32.2. The molecule has 0 aromatic heterocycles. The summed E-state index contributed by atoms with van der Waals surface area (Å²) in [6, 6.07) is 7.33. The van der Waals surface area contributed by atoms with Crippen molar-refractivity contribution >= 4 is 10.0 Å². The smallest absolute Gasteiger partial charge is 0.240 e. The summed E-state index contributed by atoms with van der Waals surface area (Å²) in [5.74, 6) is 1.12. The van der Waals surface area contributed by atoms with Crippen molar-refractivity contribution in [2.24, 2.45) is 11.8 Å². The third-order valence-electron chi connectivity index (χ3n) is 4.20. The maximum absolute atomic E-state index is 12.4. The van der Waals surface area contributed by atoms with Crippen LogP contribution < -0.4 is 10.0 Å². The van der Waals surface area contributed by atoms with Crippen molar-refractivity contribution in [3.63, 3.8) is 0 Å². The molecule has 0 aliphatic heterocycles. The maximum Gasteiger partial charge on any atom is 0.240 e. The molecule has 2 rings (SSSR count). The van der Waals surface area contributed by atoms with E-state index >= 15 is 0 Å². The zero-order valence-corrected chi connectivity index (χ0v) is 13.9. The number of rotatable bonds is 8. The molecule has 2 unspecified atom stereocenters. The molecule has 1 fully saturated rings. The molecule has 0 spiro atoms. The van der Waals surface area contributed by atoms with E-state index in [0.29, 0.717) is 23.3 Å². The number of hydrogen-bond donors (Lipinski definition) is 2. The van der Waals surface area contributed by atoms with Gasteiger partial charge in [0, 0.05) is 12.6 Å². The summed E-state index contributed by atoms with van der Waals surface area (Å²) >= 11 is 0. The van der Waals surface area contributed by atoms with Gasteiger partial charge in [0.25, 0.3) is 0 Å². The fraction of sp³-hybridized carbons (Fsp3) is 0.625. The number of nitrogens with one attached hydrogen (secondary N) is 2. The minimum atomic E-state index is -3.41. The van der Waals surface area contributed by atoms with Crippen molar-refractivity contribution < 1.29 is 8.42 Å². The van der Waals surface area contributed by atoms with Gasteiger partial charge in [-0.3, -0.25) is 0 Å². The molecule has 2 N–H and O–H groups in total. The predicted molar refractivity (Wildman–Crippen MR) is 85.6 cm³/mol. The molecular weight excluding hydrogens is 284 g/mol. The van der Waals surface area contributed by atoms with E-state index in [-0.39, 0.29) is 6.04 Å². The second kappa shape index (κ2) is 6.90. The van der Waals surface area contributed by atoms with Crippen LogP contribution in [-0.2, 0) is 10.0 Å². The zero-order valence-electron chi connectivity index (χ0n) is 13.1. The van der Waals surface area contributed by atoms with Gasteiger partial charge in [-0.2, -0.15) is 0 Å². The Labute approximate surface area is 128 Å². The molecule has 0 amide bonds. The molecule has 4 nitrogen and oxygen atoms in total. The summed E-state index contributed by atoms with van der Waals surface area (Å²) < 4.78 is 27.5. The maximum atomic E-state index is 12.4. The van der Waals surface area contributed by atoms with Gasteiger partial charge in [-0.05, 0) is 55.8 Å². The van der Waals surface area contributed by atoms with Crippen LogP contribution in [0.25, 0.3) is 0 Å². The van der Waals surface area contributed by atoms with Crippen LogP contribution in [0.15, 0.2) is 29.2 Å². The van der Waals surface area contributed by atoms with Crippen molar-refractivity contribution in [2.45, 2.75) is 44.6 Å². The molecule has 0 radical (unpaired) electrons. The minimum Gasteiger partial charge on any atom is -0.310 e. The Morgan fingerprint density at radius 2 is 2.00 bits per heavy atom.